The Morgan fingerprint density at radius 3 is 2.44 bits per heavy atom. The van der Waals surface area contributed by atoms with Crippen LogP contribution in [-0.2, 0) is 4.79 Å². The van der Waals surface area contributed by atoms with E-state index in [1.54, 1.807) is 29.2 Å². The number of hydrogen-bond donors (Lipinski definition) is 1. The molecule has 0 unspecified atom stereocenters. The van der Waals surface area contributed by atoms with E-state index in [0.717, 1.165) is 11.3 Å². The summed E-state index contributed by atoms with van der Waals surface area (Å²) in [7, 11) is 0. The molecule has 0 radical (unpaired) electrons. The van der Waals surface area contributed by atoms with Crippen LogP contribution >= 0.6 is 11.8 Å². The molecular weight excluding hydrogens is 453 g/mol. The second kappa shape index (κ2) is 8.92. The van der Waals surface area contributed by atoms with Gasteiger partial charge in [-0.2, -0.15) is 4.99 Å². The molecule has 3 aromatic rings. The number of hydrogen-bond acceptors (Lipinski definition) is 5. The molecule has 3 aromatic carbocycles. The highest BCUT2D eigenvalue weighted by atomic mass is 32.2. The van der Waals surface area contributed by atoms with Gasteiger partial charge in [0.1, 0.15) is 17.4 Å². The fraction of sp³-hybridized carbons (Fsp3) is 0. The van der Waals surface area contributed by atoms with Crippen molar-refractivity contribution in [1.82, 2.24) is 4.90 Å². The lowest BCUT2D eigenvalue weighted by atomic mass is 10.1. The normalized spacial score (nSPS) is 16.3. The number of esters is 1. The predicted molar refractivity (Wildman–Crippen MR) is 130 cm³/mol. The van der Waals surface area contributed by atoms with Gasteiger partial charge >= 0.3 is 5.97 Å². The summed E-state index contributed by atoms with van der Waals surface area (Å²) in [6.45, 7) is 0. The van der Waals surface area contributed by atoms with Crippen LogP contribution in [0.3, 0.4) is 0 Å². The average Bonchev–Trinajstić information content (AvgIpc) is 3.27. The van der Waals surface area contributed by atoms with Crippen LogP contribution in [0, 0.1) is 11.2 Å². The quantitative estimate of drug-likeness (QED) is 0.316. The van der Waals surface area contributed by atoms with Crippen LogP contribution in [0.4, 0.5) is 4.39 Å². The summed E-state index contributed by atoms with van der Waals surface area (Å²) in [5, 5.41) is 11.0. The Labute approximate surface area is 198 Å². The van der Waals surface area contributed by atoms with Crippen molar-refractivity contribution in [2.75, 3.05) is 0 Å². The third-order valence-corrected chi connectivity index (χ3v) is 6.01. The molecule has 2 aliphatic heterocycles. The SMILES string of the molecule is N=C1/C(=C/c2ccc(OC(=O)c3ccccc3F)cc2)C(=O)N=C2SC=C(c3ccccc3)N12. The Hall–Kier alpha value is -4.30. The topological polar surface area (TPSA) is 82.8 Å². The lowest BCUT2D eigenvalue weighted by Crippen LogP contribution is -2.38. The molecule has 0 spiro atoms. The first-order valence-electron chi connectivity index (χ1n) is 10.2. The van der Waals surface area contributed by atoms with Gasteiger partial charge in [-0.1, -0.05) is 66.4 Å². The number of ether oxygens (including phenoxy) is 1. The van der Waals surface area contributed by atoms with E-state index in [1.807, 2.05) is 35.7 Å². The van der Waals surface area contributed by atoms with Gasteiger partial charge in [-0.15, -0.1) is 0 Å². The summed E-state index contributed by atoms with van der Waals surface area (Å²) in [6.07, 6.45) is 1.57. The number of nitrogens with zero attached hydrogens (tertiary/aromatic N) is 2. The zero-order valence-electron chi connectivity index (χ0n) is 17.6. The number of amides is 1. The van der Waals surface area contributed by atoms with Crippen LogP contribution < -0.4 is 4.74 Å². The molecule has 6 nitrogen and oxygen atoms in total. The van der Waals surface area contributed by atoms with E-state index < -0.39 is 17.7 Å². The molecule has 2 heterocycles. The number of thioether (sulfide) groups is 1. The van der Waals surface area contributed by atoms with Crippen molar-refractivity contribution in [3.63, 3.8) is 0 Å². The molecule has 0 fully saturated rings. The first-order chi connectivity index (χ1) is 16.5. The molecule has 2 aliphatic rings. The molecule has 0 atom stereocenters. The van der Waals surface area contributed by atoms with Crippen LogP contribution in [0.25, 0.3) is 11.8 Å². The lowest BCUT2D eigenvalue weighted by Gasteiger charge is -2.26. The largest absolute Gasteiger partial charge is 0.423 e. The van der Waals surface area contributed by atoms with E-state index in [1.165, 1.54) is 42.1 Å². The van der Waals surface area contributed by atoms with Crippen LogP contribution in [0.2, 0.25) is 0 Å². The van der Waals surface area contributed by atoms with Gasteiger partial charge in [0.15, 0.2) is 5.17 Å². The fourth-order valence-corrected chi connectivity index (χ4v) is 4.39. The van der Waals surface area contributed by atoms with Crippen LogP contribution in [-0.4, -0.2) is 27.8 Å². The monoisotopic (exact) mass is 469 g/mol. The summed E-state index contributed by atoms with van der Waals surface area (Å²) in [6, 6.07) is 21.5. The van der Waals surface area contributed by atoms with Crippen molar-refractivity contribution in [1.29, 1.82) is 5.41 Å². The van der Waals surface area contributed by atoms with Gasteiger partial charge < -0.3 is 4.74 Å². The Balaban J connectivity index is 1.37. The highest BCUT2D eigenvalue weighted by Gasteiger charge is 2.36. The fourth-order valence-electron chi connectivity index (χ4n) is 3.50. The van der Waals surface area contributed by atoms with E-state index >= 15 is 0 Å². The number of fused-ring (bicyclic) bond motifs is 1. The molecule has 166 valence electrons. The minimum Gasteiger partial charge on any atom is -0.423 e. The van der Waals surface area contributed by atoms with Crippen LogP contribution in [0.1, 0.15) is 21.5 Å². The second-order valence-electron chi connectivity index (χ2n) is 7.37. The van der Waals surface area contributed by atoms with E-state index in [9.17, 15) is 14.0 Å². The Bertz CT molecular complexity index is 1410. The van der Waals surface area contributed by atoms with Crippen molar-refractivity contribution in [2.45, 2.75) is 0 Å². The van der Waals surface area contributed by atoms with Gasteiger partial charge in [-0.3, -0.25) is 15.1 Å². The van der Waals surface area contributed by atoms with Gasteiger partial charge in [0.2, 0.25) is 0 Å². The highest BCUT2D eigenvalue weighted by Crippen LogP contribution is 2.37. The number of halogens is 1. The molecule has 0 aliphatic carbocycles. The van der Waals surface area contributed by atoms with Crippen molar-refractivity contribution in [2.24, 2.45) is 4.99 Å². The Kier molecular flexibility index (Phi) is 5.65. The Morgan fingerprint density at radius 1 is 1.00 bits per heavy atom. The van der Waals surface area contributed by atoms with Crippen molar-refractivity contribution < 1.29 is 18.7 Å². The van der Waals surface area contributed by atoms with Crippen molar-refractivity contribution >= 4 is 46.4 Å². The van der Waals surface area contributed by atoms with E-state index in [0.29, 0.717) is 10.7 Å². The highest BCUT2D eigenvalue weighted by molar-refractivity contribution is 8.17. The number of aliphatic imine (C=N–C) groups is 1. The van der Waals surface area contributed by atoms with E-state index in [-0.39, 0.29) is 22.7 Å². The molecule has 34 heavy (non-hydrogen) atoms. The summed E-state index contributed by atoms with van der Waals surface area (Å²) in [5.41, 5.74) is 2.30. The summed E-state index contributed by atoms with van der Waals surface area (Å²) >= 11 is 1.30. The van der Waals surface area contributed by atoms with Gasteiger partial charge in [-0.05, 0) is 41.5 Å². The maximum absolute atomic E-state index is 13.8. The zero-order chi connectivity index (χ0) is 23.7. The second-order valence-corrected chi connectivity index (χ2v) is 8.20. The van der Waals surface area contributed by atoms with Crippen LogP contribution in [0.15, 0.2) is 94.8 Å². The van der Waals surface area contributed by atoms with Crippen molar-refractivity contribution in [3.8, 4) is 5.75 Å². The zero-order valence-corrected chi connectivity index (χ0v) is 18.4. The number of rotatable bonds is 4. The predicted octanol–water partition coefficient (Wildman–Crippen LogP) is 5.35. The smallest absolute Gasteiger partial charge is 0.346 e. The maximum Gasteiger partial charge on any atom is 0.346 e. The summed E-state index contributed by atoms with van der Waals surface area (Å²) < 4.78 is 19.0. The van der Waals surface area contributed by atoms with Gasteiger partial charge in [0.25, 0.3) is 5.91 Å². The average molecular weight is 469 g/mol. The standard InChI is InChI=1S/C26H16FN3O3S/c27-21-9-5-4-8-19(21)25(32)33-18-12-10-16(11-13-18)14-20-23(28)30-22(17-6-2-1-3-7-17)15-34-26(30)29-24(20)31/h1-15,28H/b20-14-,28-23?. The van der Waals surface area contributed by atoms with Gasteiger partial charge in [-0.25, -0.2) is 9.18 Å². The lowest BCUT2D eigenvalue weighted by molar-refractivity contribution is -0.114. The third kappa shape index (κ3) is 4.06. The van der Waals surface area contributed by atoms with Gasteiger partial charge in [0, 0.05) is 5.41 Å². The van der Waals surface area contributed by atoms with Crippen molar-refractivity contribution in [3.05, 3.63) is 112 Å². The molecule has 0 bridgehead atoms. The summed E-state index contributed by atoms with van der Waals surface area (Å²) in [4.78, 5) is 30.6. The number of nitrogens with one attached hydrogen (secondary N) is 1. The molecule has 0 saturated heterocycles. The molecule has 5 rings (SSSR count). The number of carbonyl (C=O) groups excluding carboxylic acids is 2. The first-order valence-corrected chi connectivity index (χ1v) is 11.1. The Morgan fingerprint density at radius 2 is 1.71 bits per heavy atom. The molecule has 8 heteroatoms. The number of amidine groups is 2. The third-order valence-electron chi connectivity index (χ3n) is 5.18. The number of carbonyl (C=O) groups is 2. The first kappa shape index (κ1) is 21.5. The molecule has 1 N–H and O–H groups in total. The minimum atomic E-state index is -0.804. The minimum absolute atomic E-state index is 0.0326. The maximum atomic E-state index is 13.8. The van der Waals surface area contributed by atoms with E-state index in [2.05, 4.69) is 4.99 Å². The van der Waals surface area contributed by atoms with Crippen LogP contribution in [0.5, 0.6) is 5.75 Å². The number of benzene rings is 3. The molecule has 1 amide bonds. The van der Waals surface area contributed by atoms with Gasteiger partial charge in [0.05, 0.1) is 16.8 Å². The van der Waals surface area contributed by atoms with E-state index in [4.69, 9.17) is 10.1 Å². The summed E-state index contributed by atoms with van der Waals surface area (Å²) in [5.74, 6) is -1.70. The molecule has 0 aromatic heterocycles. The molecule has 0 saturated carbocycles. The molecular formula is C26H16FN3O3S.